The summed E-state index contributed by atoms with van der Waals surface area (Å²) >= 11 is 0. The number of carbonyl (C=O) groups is 1. The van der Waals surface area contributed by atoms with Crippen molar-refractivity contribution in [1.29, 1.82) is 0 Å². The van der Waals surface area contributed by atoms with Crippen LogP contribution in [0.1, 0.15) is 17.5 Å². The predicted molar refractivity (Wildman–Crippen MR) is 48.5 cm³/mol. The van der Waals surface area contributed by atoms with E-state index in [4.69, 9.17) is 0 Å². The Labute approximate surface area is 77.4 Å². The molecule has 0 bridgehead atoms. The van der Waals surface area contributed by atoms with Gasteiger partial charge in [-0.15, -0.1) is 12.4 Å². The molecule has 12 heavy (non-hydrogen) atoms. The van der Waals surface area contributed by atoms with E-state index in [-0.39, 0.29) is 12.4 Å². The number of aromatic nitrogens is 1. The summed E-state index contributed by atoms with van der Waals surface area (Å²) in [5.74, 6) is 0.351. The molecule has 3 heteroatoms. The molecule has 1 aliphatic carbocycles. The van der Waals surface area contributed by atoms with Crippen LogP contribution >= 0.6 is 12.4 Å². The average molecular weight is 184 g/mol. The first-order valence-corrected chi connectivity index (χ1v) is 3.80. The lowest BCUT2D eigenvalue weighted by Crippen LogP contribution is -2.12. The lowest BCUT2D eigenvalue weighted by Gasteiger charge is -2.12. The van der Waals surface area contributed by atoms with Crippen LogP contribution in [0.2, 0.25) is 0 Å². The number of rotatable bonds is 0. The smallest absolute Gasteiger partial charge is 0.137 e. The van der Waals surface area contributed by atoms with Gasteiger partial charge in [-0.2, -0.15) is 0 Å². The fourth-order valence-electron chi connectivity index (χ4n) is 1.43. The molecule has 0 N–H and O–H groups in total. The highest BCUT2D eigenvalue weighted by atomic mass is 35.5. The molecule has 0 radical (unpaired) electrons. The Kier molecular flexibility index (Phi) is 2.82. The summed E-state index contributed by atoms with van der Waals surface area (Å²) in [7, 11) is 0. The van der Waals surface area contributed by atoms with Crippen LogP contribution in [0.4, 0.5) is 0 Å². The monoisotopic (exact) mass is 183 g/mol. The molecule has 0 atom stereocenters. The van der Waals surface area contributed by atoms with Gasteiger partial charge in [-0.1, -0.05) is 0 Å². The van der Waals surface area contributed by atoms with Crippen LogP contribution in [0.25, 0.3) is 0 Å². The number of hydrogen-bond donors (Lipinski definition) is 0. The van der Waals surface area contributed by atoms with Crippen molar-refractivity contribution in [3.05, 3.63) is 29.6 Å². The molecule has 2 rings (SSSR count). The van der Waals surface area contributed by atoms with Gasteiger partial charge in [0.1, 0.15) is 5.78 Å². The molecule has 0 aromatic carbocycles. The number of Topliss-reactive ketones (excluding diaryl/α,β-unsaturated/α-hetero) is 1. The highest BCUT2D eigenvalue weighted by Crippen LogP contribution is 2.16. The van der Waals surface area contributed by atoms with E-state index in [9.17, 15) is 4.79 Å². The van der Waals surface area contributed by atoms with Crippen molar-refractivity contribution >= 4 is 18.2 Å². The van der Waals surface area contributed by atoms with Gasteiger partial charge in [0, 0.05) is 25.2 Å². The summed E-state index contributed by atoms with van der Waals surface area (Å²) in [4.78, 5) is 15.0. The summed E-state index contributed by atoms with van der Waals surface area (Å²) in [5, 5.41) is 0. The van der Waals surface area contributed by atoms with Crippen LogP contribution in [0, 0.1) is 0 Å². The van der Waals surface area contributed by atoms with Gasteiger partial charge in [-0.05, 0) is 23.6 Å². The van der Waals surface area contributed by atoms with E-state index in [2.05, 4.69) is 4.98 Å². The second-order valence-electron chi connectivity index (χ2n) is 2.86. The van der Waals surface area contributed by atoms with Gasteiger partial charge in [0.25, 0.3) is 0 Å². The molecule has 64 valence electrons. The fourth-order valence-corrected chi connectivity index (χ4v) is 1.43. The Hall–Kier alpha value is -0.890. The zero-order valence-corrected chi connectivity index (χ0v) is 7.43. The normalized spacial score (nSPS) is 14.8. The van der Waals surface area contributed by atoms with E-state index in [1.807, 2.05) is 12.3 Å². The molecule has 0 amide bonds. The number of aryl methyl sites for hydroxylation is 1. The maximum absolute atomic E-state index is 11.0. The van der Waals surface area contributed by atoms with E-state index in [0.717, 1.165) is 12.0 Å². The second kappa shape index (κ2) is 3.68. The molecule has 0 fully saturated rings. The van der Waals surface area contributed by atoms with E-state index < -0.39 is 0 Å². The molecule has 1 heterocycles. The molecule has 0 saturated carbocycles. The Morgan fingerprint density at radius 2 is 2.08 bits per heavy atom. The zero-order valence-electron chi connectivity index (χ0n) is 6.62. The summed E-state index contributed by atoms with van der Waals surface area (Å²) < 4.78 is 0. The molecule has 0 unspecified atom stereocenters. The third-order valence-electron chi connectivity index (χ3n) is 2.07. The Morgan fingerprint density at radius 3 is 2.92 bits per heavy atom. The first kappa shape index (κ1) is 9.20. The van der Waals surface area contributed by atoms with Crippen molar-refractivity contribution in [2.24, 2.45) is 0 Å². The molecule has 2 nitrogen and oxygen atoms in total. The van der Waals surface area contributed by atoms with Gasteiger partial charge in [0.2, 0.25) is 0 Å². The molecular formula is C9H10ClNO. The summed E-state index contributed by atoms with van der Waals surface area (Å²) in [6.07, 6.45) is 5.79. The number of pyridine rings is 1. The Bertz CT molecular complexity index is 298. The van der Waals surface area contributed by atoms with Gasteiger partial charge >= 0.3 is 0 Å². The number of halogens is 1. The van der Waals surface area contributed by atoms with Crippen molar-refractivity contribution in [1.82, 2.24) is 4.98 Å². The van der Waals surface area contributed by atoms with Crippen LogP contribution < -0.4 is 0 Å². The SMILES string of the molecule is Cl.O=C1CCc2cnccc2C1. The first-order valence-electron chi connectivity index (χ1n) is 3.80. The van der Waals surface area contributed by atoms with Crippen LogP contribution in [0.3, 0.4) is 0 Å². The van der Waals surface area contributed by atoms with E-state index in [0.29, 0.717) is 18.6 Å². The van der Waals surface area contributed by atoms with E-state index in [1.165, 1.54) is 5.56 Å². The highest BCUT2D eigenvalue weighted by molar-refractivity contribution is 5.85. The predicted octanol–water partition coefficient (Wildman–Crippen LogP) is 1.56. The average Bonchev–Trinajstić information content (AvgIpc) is 2.04. The third kappa shape index (κ3) is 1.64. The maximum Gasteiger partial charge on any atom is 0.137 e. The third-order valence-corrected chi connectivity index (χ3v) is 2.07. The van der Waals surface area contributed by atoms with Crippen LogP contribution in [0.5, 0.6) is 0 Å². The molecule has 0 aliphatic heterocycles. The molecule has 0 spiro atoms. The topological polar surface area (TPSA) is 30.0 Å². The summed E-state index contributed by atoms with van der Waals surface area (Å²) in [6.45, 7) is 0. The standard InChI is InChI=1S/C9H9NO.ClH/c11-9-2-1-8-6-10-4-3-7(8)5-9;/h3-4,6H,1-2,5H2;1H. The number of fused-ring (bicyclic) bond motifs is 1. The summed E-state index contributed by atoms with van der Waals surface area (Å²) in [5.41, 5.74) is 2.41. The molecule has 1 aromatic heterocycles. The quantitative estimate of drug-likeness (QED) is 0.611. The van der Waals surface area contributed by atoms with E-state index in [1.54, 1.807) is 6.20 Å². The van der Waals surface area contributed by atoms with Gasteiger partial charge in [-0.3, -0.25) is 9.78 Å². The number of ketones is 1. The van der Waals surface area contributed by atoms with Crippen molar-refractivity contribution in [3.63, 3.8) is 0 Å². The van der Waals surface area contributed by atoms with Crippen molar-refractivity contribution < 1.29 is 4.79 Å². The molecular weight excluding hydrogens is 174 g/mol. The van der Waals surface area contributed by atoms with Crippen LogP contribution in [0.15, 0.2) is 18.5 Å². The molecule has 1 aromatic rings. The van der Waals surface area contributed by atoms with Gasteiger partial charge in [-0.25, -0.2) is 0 Å². The van der Waals surface area contributed by atoms with Crippen molar-refractivity contribution in [2.75, 3.05) is 0 Å². The first-order chi connectivity index (χ1) is 5.36. The lowest BCUT2D eigenvalue weighted by atomic mass is 9.93. The van der Waals surface area contributed by atoms with Crippen molar-refractivity contribution in [3.8, 4) is 0 Å². The van der Waals surface area contributed by atoms with Crippen LogP contribution in [-0.2, 0) is 17.6 Å². The largest absolute Gasteiger partial charge is 0.299 e. The summed E-state index contributed by atoms with van der Waals surface area (Å²) in [6, 6.07) is 1.94. The zero-order chi connectivity index (χ0) is 7.68. The van der Waals surface area contributed by atoms with E-state index >= 15 is 0 Å². The fraction of sp³-hybridized carbons (Fsp3) is 0.333. The van der Waals surface area contributed by atoms with Gasteiger partial charge < -0.3 is 0 Å². The van der Waals surface area contributed by atoms with Gasteiger partial charge in [0.05, 0.1) is 0 Å². The maximum atomic E-state index is 11.0. The Morgan fingerprint density at radius 1 is 1.25 bits per heavy atom. The van der Waals surface area contributed by atoms with Gasteiger partial charge in [0.15, 0.2) is 0 Å². The molecule has 0 saturated heterocycles. The highest BCUT2D eigenvalue weighted by Gasteiger charge is 2.14. The minimum absolute atomic E-state index is 0. The van der Waals surface area contributed by atoms with Crippen LogP contribution in [-0.4, -0.2) is 10.8 Å². The van der Waals surface area contributed by atoms with Crippen molar-refractivity contribution in [2.45, 2.75) is 19.3 Å². The molecule has 1 aliphatic rings. The minimum Gasteiger partial charge on any atom is -0.299 e. The second-order valence-corrected chi connectivity index (χ2v) is 2.86. The lowest BCUT2D eigenvalue weighted by molar-refractivity contribution is -0.118. The Balaban J connectivity index is 0.000000720. The minimum atomic E-state index is 0. The number of hydrogen-bond acceptors (Lipinski definition) is 2. The number of nitrogens with zero attached hydrogens (tertiary/aromatic N) is 1. The number of carbonyl (C=O) groups excluding carboxylic acids is 1.